The van der Waals surface area contributed by atoms with Crippen molar-refractivity contribution < 1.29 is 4.43 Å². The van der Waals surface area contributed by atoms with Crippen LogP contribution in [0.2, 0.25) is 18.1 Å². The van der Waals surface area contributed by atoms with Crippen LogP contribution in [-0.2, 0) is 4.43 Å². The van der Waals surface area contributed by atoms with Gasteiger partial charge in [0.15, 0.2) is 8.32 Å². The molecule has 0 saturated heterocycles. The fraction of sp³-hybridized carbons (Fsp3) is 1.00. The number of alkyl halides is 1. The van der Waals surface area contributed by atoms with Gasteiger partial charge in [-0.2, -0.15) is 0 Å². The summed E-state index contributed by atoms with van der Waals surface area (Å²) in [5, 5.41) is 1.14. The van der Waals surface area contributed by atoms with Crippen molar-refractivity contribution in [3.05, 3.63) is 0 Å². The second kappa shape index (κ2) is 12.7. The van der Waals surface area contributed by atoms with Gasteiger partial charge in [0.05, 0.1) is 0 Å². The van der Waals surface area contributed by atoms with Gasteiger partial charge in [0.2, 0.25) is 0 Å². The van der Waals surface area contributed by atoms with Gasteiger partial charge >= 0.3 is 0 Å². The van der Waals surface area contributed by atoms with Crippen LogP contribution in [0, 0.1) is 0 Å². The van der Waals surface area contributed by atoms with Crippen molar-refractivity contribution in [2.75, 3.05) is 11.9 Å². The summed E-state index contributed by atoms with van der Waals surface area (Å²) in [4.78, 5) is 0. The molecule has 0 saturated carbocycles. The Hall–Kier alpha value is 0.657. The standard InChI is InChI=1S/C15H33BrOSi/c1-4-7-12-17-18(13-8-5-2,14-9-6-3)15-10-11-16/h4-15H2,1-3H3. The maximum atomic E-state index is 6.49. The van der Waals surface area contributed by atoms with Crippen LogP contribution in [0.1, 0.15) is 65.7 Å². The number of rotatable bonds is 13. The summed E-state index contributed by atoms with van der Waals surface area (Å²) in [5.74, 6) is 0. The summed E-state index contributed by atoms with van der Waals surface area (Å²) in [5.41, 5.74) is 0. The van der Waals surface area contributed by atoms with Crippen molar-refractivity contribution in [2.24, 2.45) is 0 Å². The van der Waals surface area contributed by atoms with Crippen LogP contribution in [0.15, 0.2) is 0 Å². The SMILES string of the molecule is CCCCO[Si](CCCC)(CCCC)CCCBr. The Labute approximate surface area is 124 Å². The Balaban J connectivity index is 4.41. The van der Waals surface area contributed by atoms with Gasteiger partial charge in [0, 0.05) is 11.9 Å². The Bertz CT molecular complexity index is 154. The third kappa shape index (κ3) is 8.71. The van der Waals surface area contributed by atoms with Gasteiger partial charge in [0.25, 0.3) is 0 Å². The minimum atomic E-state index is -1.43. The molecule has 0 unspecified atom stereocenters. The quantitative estimate of drug-likeness (QED) is 0.223. The first-order chi connectivity index (χ1) is 8.74. The second-order valence-corrected chi connectivity index (χ2v) is 10.3. The van der Waals surface area contributed by atoms with Gasteiger partial charge < -0.3 is 4.43 Å². The van der Waals surface area contributed by atoms with Crippen LogP contribution in [0.25, 0.3) is 0 Å². The molecule has 0 amide bonds. The minimum absolute atomic E-state index is 1.01. The Morgan fingerprint density at radius 2 is 1.28 bits per heavy atom. The highest BCUT2D eigenvalue weighted by Crippen LogP contribution is 2.29. The summed E-state index contributed by atoms with van der Waals surface area (Å²) in [6.07, 6.45) is 9.14. The summed E-state index contributed by atoms with van der Waals surface area (Å²) in [7, 11) is -1.43. The first kappa shape index (κ1) is 18.7. The van der Waals surface area contributed by atoms with E-state index in [0.29, 0.717) is 0 Å². The maximum Gasteiger partial charge on any atom is 0.192 e. The van der Waals surface area contributed by atoms with Crippen molar-refractivity contribution in [1.82, 2.24) is 0 Å². The van der Waals surface area contributed by atoms with E-state index in [1.165, 1.54) is 63.1 Å². The fourth-order valence-corrected chi connectivity index (χ4v) is 7.79. The third-order valence-electron chi connectivity index (χ3n) is 3.64. The average Bonchev–Trinajstić information content (AvgIpc) is 2.40. The number of hydrogen-bond donors (Lipinski definition) is 0. The normalized spacial score (nSPS) is 12.0. The molecule has 0 aromatic heterocycles. The predicted molar refractivity (Wildman–Crippen MR) is 89.3 cm³/mol. The lowest BCUT2D eigenvalue weighted by molar-refractivity contribution is 0.287. The van der Waals surface area contributed by atoms with Crippen LogP contribution < -0.4 is 0 Å². The predicted octanol–water partition coefficient (Wildman–Crippen LogP) is 6.13. The summed E-state index contributed by atoms with van der Waals surface area (Å²) >= 11 is 3.59. The second-order valence-electron chi connectivity index (χ2n) is 5.38. The molecule has 18 heavy (non-hydrogen) atoms. The van der Waals surface area contributed by atoms with Crippen LogP contribution in [0.3, 0.4) is 0 Å². The molecule has 3 heteroatoms. The zero-order valence-corrected chi connectivity index (χ0v) is 15.4. The lowest BCUT2D eigenvalue weighted by Crippen LogP contribution is -2.38. The Morgan fingerprint density at radius 1 is 0.778 bits per heavy atom. The van der Waals surface area contributed by atoms with Crippen molar-refractivity contribution in [2.45, 2.75) is 83.8 Å². The van der Waals surface area contributed by atoms with Crippen molar-refractivity contribution >= 4 is 24.2 Å². The molecule has 0 aromatic rings. The van der Waals surface area contributed by atoms with Crippen LogP contribution >= 0.6 is 15.9 Å². The molecule has 0 spiro atoms. The molecule has 0 radical (unpaired) electrons. The van der Waals surface area contributed by atoms with Gasteiger partial charge in [0.1, 0.15) is 0 Å². The third-order valence-corrected chi connectivity index (χ3v) is 8.82. The molecule has 0 aromatic carbocycles. The fourth-order valence-electron chi connectivity index (χ4n) is 2.41. The highest BCUT2D eigenvalue weighted by molar-refractivity contribution is 9.09. The summed E-state index contributed by atoms with van der Waals surface area (Å²) in [6.45, 7) is 7.87. The molecule has 0 aliphatic carbocycles. The van der Waals surface area contributed by atoms with Gasteiger partial charge in [-0.15, -0.1) is 0 Å². The molecule has 110 valence electrons. The molecule has 0 bridgehead atoms. The lowest BCUT2D eigenvalue weighted by atomic mass is 10.4. The van der Waals surface area contributed by atoms with E-state index in [9.17, 15) is 0 Å². The monoisotopic (exact) mass is 336 g/mol. The molecule has 0 fully saturated rings. The van der Waals surface area contributed by atoms with Gasteiger partial charge in [-0.1, -0.05) is 68.8 Å². The van der Waals surface area contributed by atoms with Crippen LogP contribution in [-0.4, -0.2) is 20.3 Å². The molecular formula is C15H33BrOSi. The van der Waals surface area contributed by atoms with Gasteiger partial charge in [-0.25, -0.2) is 0 Å². The molecule has 0 atom stereocenters. The first-order valence-corrected chi connectivity index (χ1v) is 11.6. The number of unbranched alkanes of at least 4 members (excludes halogenated alkanes) is 3. The Morgan fingerprint density at radius 3 is 1.72 bits per heavy atom. The van der Waals surface area contributed by atoms with E-state index in [0.717, 1.165) is 11.9 Å². The highest BCUT2D eigenvalue weighted by Gasteiger charge is 2.32. The summed E-state index contributed by atoms with van der Waals surface area (Å²) < 4.78 is 6.49. The molecule has 0 rings (SSSR count). The van der Waals surface area contributed by atoms with Gasteiger partial charge in [-0.3, -0.25) is 0 Å². The molecule has 0 heterocycles. The van der Waals surface area contributed by atoms with Crippen LogP contribution in [0.5, 0.6) is 0 Å². The van der Waals surface area contributed by atoms with E-state index in [4.69, 9.17) is 4.43 Å². The highest BCUT2D eigenvalue weighted by atomic mass is 79.9. The largest absolute Gasteiger partial charge is 0.417 e. The Kier molecular flexibility index (Phi) is 13.1. The van der Waals surface area contributed by atoms with E-state index in [2.05, 4.69) is 36.7 Å². The van der Waals surface area contributed by atoms with E-state index in [1.807, 2.05) is 0 Å². The van der Waals surface area contributed by atoms with Crippen molar-refractivity contribution in [3.8, 4) is 0 Å². The zero-order valence-electron chi connectivity index (χ0n) is 12.8. The number of halogens is 1. The zero-order chi connectivity index (χ0) is 13.7. The minimum Gasteiger partial charge on any atom is -0.417 e. The van der Waals surface area contributed by atoms with E-state index in [1.54, 1.807) is 0 Å². The average molecular weight is 337 g/mol. The van der Waals surface area contributed by atoms with E-state index < -0.39 is 8.32 Å². The first-order valence-electron chi connectivity index (χ1n) is 7.94. The molecule has 1 nitrogen and oxygen atoms in total. The summed E-state index contributed by atoms with van der Waals surface area (Å²) in [6, 6.07) is 4.14. The lowest BCUT2D eigenvalue weighted by Gasteiger charge is -2.32. The van der Waals surface area contributed by atoms with E-state index >= 15 is 0 Å². The van der Waals surface area contributed by atoms with Crippen molar-refractivity contribution in [3.63, 3.8) is 0 Å². The number of hydrogen-bond acceptors (Lipinski definition) is 1. The molecule has 0 aliphatic rings. The van der Waals surface area contributed by atoms with Crippen LogP contribution in [0.4, 0.5) is 0 Å². The van der Waals surface area contributed by atoms with Gasteiger partial charge in [-0.05, 0) is 31.0 Å². The molecule has 0 aliphatic heterocycles. The molecular weight excluding hydrogens is 304 g/mol. The topological polar surface area (TPSA) is 9.23 Å². The smallest absolute Gasteiger partial charge is 0.192 e. The van der Waals surface area contributed by atoms with Crippen molar-refractivity contribution in [1.29, 1.82) is 0 Å². The van der Waals surface area contributed by atoms with E-state index in [-0.39, 0.29) is 0 Å². The molecule has 0 N–H and O–H groups in total. The maximum absolute atomic E-state index is 6.49.